The molecule has 2 aliphatic heterocycles. The number of aromatic nitrogens is 1. The largest absolute Gasteiger partial charge is 0.497 e. The molecule has 1 aromatic heterocycles. The first-order chi connectivity index (χ1) is 17.0. The van der Waals surface area contributed by atoms with Crippen LogP contribution in [0.2, 0.25) is 0 Å². The minimum Gasteiger partial charge on any atom is -0.497 e. The first-order valence-electron chi connectivity index (χ1n) is 11.7. The maximum Gasteiger partial charge on any atom is 0.410 e. The van der Waals surface area contributed by atoms with Crippen molar-refractivity contribution in [2.24, 2.45) is 0 Å². The summed E-state index contributed by atoms with van der Waals surface area (Å²) in [5, 5.41) is 3.23. The molecule has 3 aromatic rings. The molecule has 1 spiro atoms. The highest BCUT2D eigenvalue weighted by Gasteiger charge is 2.50. The van der Waals surface area contributed by atoms with Gasteiger partial charge in [-0.05, 0) is 48.4 Å². The lowest BCUT2D eigenvalue weighted by molar-refractivity contribution is 0.0553. The molecular formula is C27H28N4O4. The zero-order valence-electron chi connectivity index (χ0n) is 19.6. The van der Waals surface area contributed by atoms with Crippen LogP contribution in [-0.2, 0) is 11.2 Å². The molecule has 180 valence electrons. The fourth-order valence-electron chi connectivity index (χ4n) is 4.66. The van der Waals surface area contributed by atoms with Gasteiger partial charge in [0.05, 0.1) is 25.8 Å². The summed E-state index contributed by atoms with van der Waals surface area (Å²) in [6.45, 7) is 1.98. The van der Waals surface area contributed by atoms with Crippen molar-refractivity contribution in [1.82, 2.24) is 14.8 Å². The molecule has 0 aliphatic carbocycles. The van der Waals surface area contributed by atoms with Gasteiger partial charge in [0.25, 0.3) is 5.91 Å². The summed E-state index contributed by atoms with van der Waals surface area (Å²) in [6.07, 6.45) is 2.73. The summed E-state index contributed by atoms with van der Waals surface area (Å²) in [5.74, 6) is 1.10. The van der Waals surface area contributed by atoms with Crippen molar-refractivity contribution in [3.8, 4) is 5.75 Å². The van der Waals surface area contributed by atoms with E-state index in [4.69, 9.17) is 9.47 Å². The maximum absolute atomic E-state index is 13.4. The van der Waals surface area contributed by atoms with E-state index < -0.39 is 5.60 Å². The zero-order chi connectivity index (χ0) is 24.3. The average Bonchev–Trinajstić information content (AvgIpc) is 3.45. The molecule has 8 heteroatoms. The summed E-state index contributed by atoms with van der Waals surface area (Å²) in [6, 6.07) is 21.0. The number of carbonyl (C=O) groups excluding carboxylic acids is 2. The normalized spacial score (nSPS) is 19.2. The molecule has 0 saturated carbocycles. The van der Waals surface area contributed by atoms with Gasteiger partial charge in [0, 0.05) is 31.4 Å². The minimum absolute atomic E-state index is 0.134. The third kappa shape index (κ3) is 4.91. The summed E-state index contributed by atoms with van der Waals surface area (Å²) >= 11 is 0. The van der Waals surface area contributed by atoms with Gasteiger partial charge in [0.15, 0.2) is 5.60 Å². The molecule has 2 aromatic carbocycles. The lowest BCUT2D eigenvalue weighted by Gasteiger charge is -2.23. The molecule has 0 unspecified atom stereocenters. The van der Waals surface area contributed by atoms with Crippen molar-refractivity contribution >= 4 is 23.5 Å². The van der Waals surface area contributed by atoms with Crippen LogP contribution in [0.5, 0.6) is 5.75 Å². The molecule has 1 atom stereocenters. The van der Waals surface area contributed by atoms with Gasteiger partial charge in [0.1, 0.15) is 11.6 Å². The van der Waals surface area contributed by atoms with Gasteiger partial charge in [-0.3, -0.25) is 4.79 Å². The van der Waals surface area contributed by atoms with Gasteiger partial charge >= 0.3 is 6.09 Å². The van der Waals surface area contributed by atoms with E-state index in [0.717, 1.165) is 17.9 Å². The smallest absolute Gasteiger partial charge is 0.410 e. The van der Waals surface area contributed by atoms with E-state index in [0.29, 0.717) is 44.0 Å². The second-order valence-electron chi connectivity index (χ2n) is 8.94. The number of ether oxygens (including phenoxy) is 2. The third-order valence-electron chi connectivity index (χ3n) is 6.55. The molecule has 1 N–H and O–H groups in total. The van der Waals surface area contributed by atoms with Crippen LogP contribution in [0.1, 0.15) is 22.3 Å². The number of amides is 2. The summed E-state index contributed by atoms with van der Waals surface area (Å²) in [5.41, 5.74) is 1.80. The van der Waals surface area contributed by atoms with E-state index >= 15 is 0 Å². The maximum atomic E-state index is 13.4. The number of hydrogen-bond donors (Lipinski definition) is 1. The van der Waals surface area contributed by atoms with Crippen molar-refractivity contribution < 1.29 is 19.1 Å². The van der Waals surface area contributed by atoms with Crippen LogP contribution in [-0.4, -0.2) is 65.7 Å². The van der Waals surface area contributed by atoms with E-state index in [1.54, 1.807) is 35.2 Å². The van der Waals surface area contributed by atoms with Crippen LogP contribution in [0.3, 0.4) is 0 Å². The summed E-state index contributed by atoms with van der Waals surface area (Å²) in [7, 11) is 1.62. The topological polar surface area (TPSA) is 84.0 Å². The van der Waals surface area contributed by atoms with E-state index in [1.807, 2.05) is 42.5 Å². The number of nitrogens with zero attached hydrogens (tertiary/aromatic N) is 3. The summed E-state index contributed by atoms with van der Waals surface area (Å²) in [4.78, 5) is 33.9. The zero-order valence-corrected chi connectivity index (χ0v) is 19.6. The van der Waals surface area contributed by atoms with Crippen molar-refractivity contribution in [3.63, 3.8) is 0 Å². The Morgan fingerprint density at radius 3 is 2.66 bits per heavy atom. The number of pyridine rings is 1. The summed E-state index contributed by atoms with van der Waals surface area (Å²) < 4.78 is 11.0. The fraction of sp³-hybridized carbons (Fsp3) is 0.296. The standard InChI is InChI=1S/C27H28N4O4/c1-34-22-11-9-21(10-12-22)29-24-23(8-5-15-28-24)25(32)30-17-14-27(18-30)19-31(26(33)35-27)16-13-20-6-3-2-4-7-20/h2-12,15H,13-14,16-19H2,1H3,(H,28,29)/t27-/m1/s1. The third-order valence-corrected chi connectivity index (χ3v) is 6.55. The molecule has 8 nitrogen and oxygen atoms in total. The van der Waals surface area contributed by atoms with Crippen molar-refractivity contribution in [1.29, 1.82) is 0 Å². The molecule has 5 rings (SSSR count). The predicted octanol–water partition coefficient (Wildman–Crippen LogP) is 4.11. The highest BCUT2D eigenvalue weighted by Crippen LogP contribution is 2.34. The van der Waals surface area contributed by atoms with Crippen molar-refractivity contribution in [2.45, 2.75) is 18.4 Å². The lowest BCUT2D eigenvalue weighted by atomic mass is 10.0. The van der Waals surface area contributed by atoms with Gasteiger partial charge in [-0.25, -0.2) is 9.78 Å². The number of likely N-dealkylation sites (tertiary alicyclic amines) is 1. The van der Waals surface area contributed by atoms with Crippen molar-refractivity contribution in [2.75, 3.05) is 38.6 Å². The predicted molar refractivity (Wildman–Crippen MR) is 132 cm³/mol. The van der Waals surface area contributed by atoms with E-state index in [-0.39, 0.29) is 12.0 Å². The first kappa shape index (κ1) is 22.7. The van der Waals surface area contributed by atoms with Crippen molar-refractivity contribution in [3.05, 3.63) is 84.1 Å². The Morgan fingerprint density at radius 2 is 1.89 bits per heavy atom. The molecule has 2 aliphatic rings. The van der Waals surface area contributed by atoms with Crippen LogP contribution in [0.25, 0.3) is 0 Å². The van der Waals surface area contributed by atoms with Gasteiger partial charge < -0.3 is 24.6 Å². The number of rotatable bonds is 7. The Kier molecular flexibility index (Phi) is 6.27. The SMILES string of the molecule is COc1ccc(Nc2ncccc2C(=O)N2CC[C@]3(CN(CCc4ccccc4)C(=O)O3)C2)cc1. The molecule has 0 radical (unpaired) electrons. The second-order valence-corrected chi connectivity index (χ2v) is 8.94. The second kappa shape index (κ2) is 9.66. The molecule has 3 heterocycles. The average molecular weight is 473 g/mol. The Hall–Kier alpha value is -4.07. The monoisotopic (exact) mass is 472 g/mol. The number of anilines is 2. The Balaban J connectivity index is 1.24. The molecule has 2 saturated heterocycles. The number of hydrogen-bond acceptors (Lipinski definition) is 6. The van der Waals surface area contributed by atoms with E-state index in [1.165, 1.54) is 5.56 Å². The number of nitrogens with one attached hydrogen (secondary N) is 1. The molecule has 2 amide bonds. The van der Waals surface area contributed by atoms with E-state index in [2.05, 4.69) is 22.4 Å². The van der Waals surface area contributed by atoms with Gasteiger partial charge in [0.2, 0.25) is 0 Å². The quantitative estimate of drug-likeness (QED) is 0.557. The van der Waals surface area contributed by atoms with Crippen LogP contribution in [0.15, 0.2) is 72.9 Å². The first-order valence-corrected chi connectivity index (χ1v) is 11.7. The molecule has 2 fully saturated rings. The number of carbonyl (C=O) groups is 2. The highest BCUT2D eigenvalue weighted by molar-refractivity contribution is 5.99. The van der Waals surface area contributed by atoms with E-state index in [9.17, 15) is 9.59 Å². The lowest BCUT2D eigenvalue weighted by Crippen LogP contribution is -2.40. The number of methoxy groups -OCH3 is 1. The molecule has 0 bridgehead atoms. The fourth-order valence-corrected chi connectivity index (χ4v) is 4.66. The van der Waals surface area contributed by atoms with Gasteiger partial charge in [-0.1, -0.05) is 30.3 Å². The number of benzene rings is 2. The highest BCUT2D eigenvalue weighted by atomic mass is 16.6. The van der Waals surface area contributed by atoms with Crippen LogP contribution < -0.4 is 10.1 Å². The van der Waals surface area contributed by atoms with Crippen LogP contribution in [0, 0.1) is 0 Å². The van der Waals surface area contributed by atoms with Gasteiger partial charge in [-0.2, -0.15) is 0 Å². The van der Waals surface area contributed by atoms with Crippen LogP contribution in [0.4, 0.5) is 16.3 Å². The Bertz CT molecular complexity index is 1200. The Labute approximate surface area is 204 Å². The molecular weight excluding hydrogens is 444 g/mol. The molecule has 35 heavy (non-hydrogen) atoms. The van der Waals surface area contributed by atoms with Gasteiger partial charge in [-0.15, -0.1) is 0 Å². The Morgan fingerprint density at radius 1 is 1.09 bits per heavy atom. The van der Waals surface area contributed by atoms with Crippen LogP contribution >= 0.6 is 0 Å². The minimum atomic E-state index is -0.658.